The molecule has 2 nitrogen and oxygen atoms in total. The zero-order valence-electron chi connectivity index (χ0n) is 8.39. The van der Waals surface area contributed by atoms with E-state index in [9.17, 15) is 4.79 Å². The predicted octanol–water partition coefficient (Wildman–Crippen LogP) is 2.70. The van der Waals surface area contributed by atoms with Crippen LogP contribution in [0.4, 0.5) is 0 Å². The number of fused-ring (bicyclic) bond motifs is 2. The van der Waals surface area contributed by atoms with Gasteiger partial charge in [0.15, 0.2) is 0 Å². The normalized spacial score (nSPS) is 27.7. The Morgan fingerprint density at radius 3 is 2.50 bits per heavy atom. The first kappa shape index (κ1) is 10.00. The molecular formula is C13H9BrO2. The maximum absolute atomic E-state index is 11.9. The molecule has 0 saturated carbocycles. The molecule has 0 aromatic heterocycles. The predicted molar refractivity (Wildman–Crippen MR) is 65.1 cm³/mol. The minimum Gasteiger partial charge on any atom is -0.354 e. The summed E-state index contributed by atoms with van der Waals surface area (Å²) in [4.78, 5) is 11.9. The second-order valence-corrected chi connectivity index (χ2v) is 4.61. The average molecular weight is 277 g/mol. The number of benzene rings is 1. The van der Waals surface area contributed by atoms with Gasteiger partial charge in [-0.2, -0.15) is 0 Å². The summed E-state index contributed by atoms with van der Waals surface area (Å²) in [5.41, 5.74) is 1.95. The molecular weight excluding hydrogens is 268 g/mol. The number of carbonyl (C=O) groups is 1. The highest BCUT2D eigenvalue weighted by molar-refractivity contribution is 9.12. The summed E-state index contributed by atoms with van der Waals surface area (Å²) in [6.45, 7) is 0. The highest BCUT2D eigenvalue weighted by Gasteiger charge is 2.37. The van der Waals surface area contributed by atoms with Crippen molar-refractivity contribution in [2.45, 2.75) is 12.2 Å². The molecule has 2 atom stereocenters. The van der Waals surface area contributed by atoms with Crippen molar-refractivity contribution in [2.24, 2.45) is 0 Å². The van der Waals surface area contributed by atoms with Crippen LogP contribution < -0.4 is 0 Å². The second kappa shape index (κ2) is 3.68. The Bertz CT molecular complexity index is 502. The van der Waals surface area contributed by atoms with Crippen LogP contribution in [-0.2, 0) is 9.53 Å². The molecule has 0 amide bonds. The molecule has 0 fully saturated rings. The van der Waals surface area contributed by atoms with E-state index in [4.69, 9.17) is 4.74 Å². The van der Waals surface area contributed by atoms with Gasteiger partial charge >= 0.3 is 0 Å². The molecule has 2 aliphatic heterocycles. The molecule has 2 heterocycles. The van der Waals surface area contributed by atoms with Crippen LogP contribution in [0.15, 0.2) is 47.0 Å². The quantitative estimate of drug-likeness (QED) is 0.738. The topological polar surface area (TPSA) is 26.3 Å². The van der Waals surface area contributed by atoms with Crippen LogP contribution in [0.3, 0.4) is 0 Å². The summed E-state index contributed by atoms with van der Waals surface area (Å²) in [5, 5.41) is 0. The van der Waals surface area contributed by atoms with E-state index in [1.165, 1.54) is 0 Å². The van der Waals surface area contributed by atoms with Crippen LogP contribution in [0, 0.1) is 0 Å². The third-order valence-corrected chi connectivity index (χ3v) is 3.65. The lowest BCUT2D eigenvalue weighted by atomic mass is 9.98. The molecule has 3 heteroatoms. The third kappa shape index (κ3) is 1.39. The first-order valence-electron chi connectivity index (χ1n) is 5.10. The van der Waals surface area contributed by atoms with Crippen molar-refractivity contribution in [1.29, 1.82) is 0 Å². The van der Waals surface area contributed by atoms with Crippen LogP contribution >= 0.6 is 15.9 Å². The van der Waals surface area contributed by atoms with E-state index in [0.29, 0.717) is 4.48 Å². The minimum atomic E-state index is -0.396. The van der Waals surface area contributed by atoms with Crippen LogP contribution in [-0.4, -0.2) is 18.0 Å². The van der Waals surface area contributed by atoms with Crippen molar-refractivity contribution in [1.82, 2.24) is 0 Å². The van der Waals surface area contributed by atoms with Crippen molar-refractivity contribution >= 4 is 27.3 Å². The van der Waals surface area contributed by atoms with Gasteiger partial charge in [-0.3, -0.25) is 4.79 Å². The molecule has 0 saturated heterocycles. The van der Waals surface area contributed by atoms with Gasteiger partial charge in [0, 0.05) is 5.57 Å². The minimum absolute atomic E-state index is 0.00357. The molecule has 1 aromatic carbocycles. The summed E-state index contributed by atoms with van der Waals surface area (Å²) in [6, 6.07) is 9.84. The standard InChI is InChI=1S/C13H9BrO2/c14-12-11(8-4-2-1-3-5-8)9-6-7-10(16-9)13(12)15/h1-7,9-10H/t9-,10+/m1/s1. The second-order valence-electron chi connectivity index (χ2n) is 3.82. The van der Waals surface area contributed by atoms with Gasteiger partial charge in [0.2, 0.25) is 5.78 Å². The van der Waals surface area contributed by atoms with Gasteiger partial charge in [-0.25, -0.2) is 0 Å². The Morgan fingerprint density at radius 1 is 1.06 bits per heavy atom. The molecule has 1 aromatic rings. The monoisotopic (exact) mass is 276 g/mol. The van der Waals surface area contributed by atoms with E-state index in [1.54, 1.807) is 0 Å². The van der Waals surface area contributed by atoms with E-state index >= 15 is 0 Å². The lowest BCUT2D eigenvalue weighted by Crippen LogP contribution is -2.29. The number of hydrogen-bond acceptors (Lipinski definition) is 2. The number of carbonyl (C=O) groups excluding carboxylic acids is 1. The number of ether oxygens (including phenoxy) is 1. The lowest BCUT2D eigenvalue weighted by Gasteiger charge is -2.23. The molecule has 2 bridgehead atoms. The molecule has 0 aliphatic carbocycles. The van der Waals surface area contributed by atoms with Gasteiger partial charge in [-0.05, 0) is 27.6 Å². The van der Waals surface area contributed by atoms with Crippen LogP contribution in [0.1, 0.15) is 5.56 Å². The summed E-state index contributed by atoms with van der Waals surface area (Å²) in [5.74, 6) is 0.00357. The molecule has 80 valence electrons. The highest BCUT2D eigenvalue weighted by Crippen LogP contribution is 2.38. The number of halogens is 1. The van der Waals surface area contributed by atoms with E-state index in [1.807, 2.05) is 42.5 Å². The first-order chi connectivity index (χ1) is 7.77. The Labute approximate surface area is 102 Å². The maximum Gasteiger partial charge on any atom is 0.202 e. The molecule has 0 N–H and O–H groups in total. The lowest BCUT2D eigenvalue weighted by molar-refractivity contribution is -0.123. The van der Waals surface area contributed by atoms with Gasteiger partial charge in [0.05, 0.1) is 4.48 Å². The van der Waals surface area contributed by atoms with Gasteiger partial charge < -0.3 is 4.74 Å². The largest absolute Gasteiger partial charge is 0.354 e. The van der Waals surface area contributed by atoms with Crippen molar-refractivity contribution in [2.75, 3.05) is 0 Å². The SMILES string of the molecule is O=C1C(Br)=C(c2ccccc2)[C@H]2C=C[C@@H]1O2. The Kier molecular flexibility index (Phi) is 2.30. The fourth-order valence-electron chi connectivity index (χ4n) is 2.06. The summed E-state index contributed by atoms with van der Waals surface area (Å²) in [6.07, 6.45) is 3.27. The molecule has 16 heavy (non-hydrogen) atoms. The van der Waals surface area contributed by atoms with E-state index in [2.05, 4.69) is 15.9 Å². The van der Waals surface area contributed by atoms with Crippen LogP contribution in [0.25, 0.3) is 5.57 Å². The summed E-state index contributed by atoms with van der Waals surface area (Å²) >= 11 is 3.39. The van der Waals surface area contributed by atoms with Crippen molar-refractivity contribution in [3.63, 3.8) is 0 Å². The van der Waals surface area contributed by atoms with Crippen LogP contribution in [0.2, 0.25) is 0 Å². The maximum atomic E-state index is 11.9. The van der Waals surface area contributed by atoms with E-state index in [0.717, 1.165) is 11.1 Å². The highest BCUT2D eigenvalue weighted by atomic mass is 79.9. The zero-order chi connectivity index (χ0) is 11.1. The van der Waals surface area contributed by atoms with Crippen LogP contribution in [0.5, 0.6) is 0 Å². The number of hydrogen-bond donors (Lipinski definition) is 0. The summed E-state index contributed by atoms with van der Waals surface area (Å²) in [7, 11) is 0. The Hall–Kier alpha value is -1.19. The van der Waals surface area contributed by atoms with Crippen molar-refractivity contribution < 1.29 is 9.53 Å². The van der Waals surface area contributed by atoms with Gasteiger partial charge in [-0.15, -0.1) is 0 Å². The number of rotatable bonds is 1. The summed E-state index contributed by atoms with van der Waals surface area (Å²) < 4.78 is 6.24. The van der Waals surface area contributed by atoms with E-state index < -0.39 is 6.10 Å². The molecule has 3 rings (SSSR count). The Balaban J connectivity index is 2.15. The van der Waals surface area contributed by atoms with E-state index in [-0.39, 0.29) is 11.9 Å². The first-order valence-corrected chi connectivity index (χ1v) is 5.90. The van der Waals surface area contributed by atoms with Crippen molar-refractivity contribution in [3.8, 4) is 0 Å². The molecule has 0 spiro atoms. The number of Topliss-reactive ketones (excluding diaryl/α,β-unsaturated/α-hetero) is 1. The fourth-order valence-corrected chi connectivity index (χ4v) is 2.74. The number of ketones is 1. The molecule has 2 aliphatic rings. The van der Waals surface area contributed by atoms with Gasteiger partial charge in [0.1, 0.15) is 12.2 Å². The fraction of sp³-hybridized carbons (Fsp3) is 0.154. The van der Waals surface area contributed by atoms with Gasteiger partial charge in [0.25, 0.3) is 0 Å². The molecule has 0 unspecified atom stereocenters. The van der Waals surface area contributed by atoms with Crippen molar-refractivity contribution in [3.05, 3.63) is 52.5 Å². The zero-order valence-corrected chi connectivity index (χ0v) is 9.98. The smallest absolute Gasteiger partial charge is 0.202 e. The average Bonchev–Trinajstić information content (AvgIpc) is 2.74. The third-order valence-electron chi connectivity index (χ3n) is 2.83. The van der Waals surface area contributed by atoms with Gasteiger partial charge in [-0.1, -0.05) is 36.4 Å². The molecule has 0 radical (unpaired) electrons. The Morgan fingerprint density at radius 2 is 1.75 bits per heavy atom.